The van der Waals surface area contributed by atoms with Gasteiger partial charge >= 0.3 is 6.18 Å². The van der Waals surface area contributed by atoms with Crippen LogP contribution >= 0.6 is 11.3 Å². The molecule has 0 radical (unpaired) electrons. The number of thiazole rings is 1. The van der Waals surface area contributed by atoms with Gasteiger partial charge in [-0.05, 0) is 30.6 Å². The van der Waals surface area contributed by atoms with Crippen molar-refractivity contribution in [3.8, 4) is 0 Å². The molecule has 1 aromatic rings. The Hall–Kier alpha value is -1.11. The summed E-state index contributed by atoms with van der Waals surface area (Å²) in [4.78, 5) is 18.3. The molecule has 3 nitrogen and oxygen atoms in total. The Morgan fingerprint density at radius 3 is 2.46 bits per heavy atom. The average molecular weight is 360 g/mol. The first-order valence-corrected chi connectivity index (χ1v) is 9.32. The minimum atomic E-state index is -4.38. The molecule has 0 aromatic carbocycles. The molecular formula is C17H23F3N2OS. The molecule has 2 unspecified atom stereocenters. The number of hydrogen-bond acceptors (Lipinski definition) is 3. The summed E-state index contributed by atoms with van der Waals surface area (Å²) in [6.45, 7) is 7.71. The zero-order chi connectivity index (χ0) is 17.7. The second-order valence-corrected chi connectivity index (χ2v) is 8.48. The van der Waals surface area contributed by atoms with Crippen molar-refractivity contribution in [3.05, 3.63) is 16.1 Å². The molecular weight excluding hydrogens is 337 g/mol. The van der Waals surface area contributed by atoms with Gasteiger partial charge < -0.3 is 4.90 Å². The SMILES string of the molecule is CC(C)C1(C)CC1C(=O)N1CCC(c2nc(C(F)(F)F)cs2)CC1. The van der Waals surface area contributed by atoms with Gasteiger partial charge in [-0.25, -0.2) is 4.98 Å². The van der Waals surface area contributed by atoms with Crippen LogP contribution in [0.1, 0.15) is 56.7 Å². The van der Waals surface area contributed by atoms with Crippen molar-refractivity contribution in [1.82, 2.24) is 9.88 Å². The summed E-state index contributed by atoms with van der Waals surface area (Å²) in [5.74, 6) is 0.858. The average Bonchev–Trinajstić information content (AvgIpc) is 2.98. The van der Waals surface area contributed by atoms with Crippen LogP contribution in [0.4, 0.5) is 13.2 Å². The van der Waals surface area contributed by atoms with Crippen molar-refractivity contribution in [3.63, 3.8) is 0 Å². The van der Waals surface area contributed by atoms with Crippen LogP contribution in [0.3, 0.4) is 0 Å². The first-order valence-electron chi connectivity index (χ1n) is 8.44. The minimum Gasteiger partial charge on any atom is -0.342 e. The van der Waals surface area contributed by atoms with Crippen LogP contribution < -0.4 is 0 Å². The Morgan fingerprint density at radius 2 is 2.00 bits per heavy atom. The summed E-state index contributed by atoms with van der Waals surface area (Å²) < 4.78 is 38.0. The summed E-state index contributed by atoms with van der Waals surface area (Å²) >= 11 is 1.08. The standard InChI is InChI=1S/C17H23F3N2OS/c1-10(2)16(3)8-12(16)15(23)22-6-4-11(5-7-22)14-21-13(9-24-14)17(18,19)20/h9-12H,4-8H2,1-3H3. The maximum atomic E-state index is 12.7. The quantitative estimate of drug-likeness (QED) is 0.792. The molecule has 0 N–H and O–H groups in total. The highest BCUT2D eigenvalue weighted by Gasteiger charge is 2.57. The predicted octanol–water partition coefficient (Wildman–Crippen LogP) is 4.55. The number of likely N-dealkylation sites (tertiary alicyclic amines) is 1. The lowest BCUT2D eigenvalue weighted by molar-refractivity contribution is -0.140. The highest BCUT2D eigenvalue weighted by molar-refractivity contribution is 7.09. The van der Waals surface area contributed by atoms with Gasteiger partial charge in [0.05, 0.1) is 5.01 Å². The summed E-state index contributed by atoms with van der Waals surface area (Å²) in [5, 5.41) is 1.64. The Kier molecular flexibility index (Phi) is 4.43. The van der Waals surface area contributed by atoms with Crippen LogP contribution in [-0.2, 0) is 11.0 Å². The lowest BCUT2D eigenvalue weighted by Gasteiger charge is -2.32. The normalized spacial score (nSPS) is 28.5. The topological polar surface area (TPSA) is 33.2 Å². The van der Waals surface area contributed by atoms with Gasteiger partial charge in [0.2, 0.25) is 5.91 Å². The molecule has 1 amide bonds. The van der Waals surface area contributed by atoms with Crippen molar-refractivity contribution >= 4 is 17.2 Å². The number of hydrogen-bond donors (Lipinski definition) is 0. The minimum absolute atomic E-state index is 0.0332. The molecule has 1 aliphatic heterocycles. The number of nitrogens with zero attached hydrogens (tertiary/aromatic N) is 2. The first-order chi connectivity index (χ1) is 11.1. The van der Waals surface area contributed by atoms with Crippen molar-refractivity contribution < 1.29 is 18.0 Å². The third kappa shape index (κ3) is 3.19. The van der Waals surface area contributed by atoms with Gasteiger partial charge in [0.1, 0.15) is 0 Å². The lowest BCUT2D eigenvalue weighted by Crippen LogP contribution is -2.39. The third-order valence-corrected chi connectivity index (χ3v) is 6.87. The largest absolute Gasteiger partial charge is 0.434 e. The van der Waals surface area contributed by atoms with E-state index in [9.17, 15) is 18.0 Å². The summed E-state index contributed by atoms with van der Waals surface area (Å²) in [5.41, 5.74) is -0.683. The number of piperidine rings is 1. The zero-order valence-electron chi connectivity index (χ0n) is 14.2. The number of aromatic nitrogens is 1. The molecule has 2 heterocycles. The molecule has 0 spiro atoms. The Labute approximate surface area is 144 Å². The van der Waals surface area contributed by atoms with Gasteiger partial charge in [0.15, 0.2) is 5.69 Å². The van der Waals surface area contributed by atoms with Gasteiger partial charge in [-0.1, -0.05) is 20.8 Å². The number of rotatable bonds is 3. The van der Waals surface area contributed by atoms with E-state index in [1.165, 1.54) is 0 Å². The van der Waals surface area contributed by atoms with Crippen LogP contribution in [0.25, 0.3) is 0 Å². The van der Waals surface area contributed by atoms with E-state index in [1.54, 1.807) is 0 Å². The van der Waals surface area contributed by atoms with Gasteiger partial charge in [0.25, 0.3) is 0 Å². The smallest absolute Gasteiger partial charge is 0.342 e. The third-order valence-electron chi connectivity index (χ3n) is 5.87. The van der Waals surface area contributed by atoms with E-state index in [0.29, 0.717) is 36.9 Å². The van der Waals surface area contributed by atoms with Crippen molar-refractivity contribution in [2.75, 3.05) is 13.1 Å². The Balaban J connectivity index is 1.57. The fourth-order valence-electron chi connectivity index (χ4n) is 3.56. The van der Waals surface area contributed by atoms with E-state index in [-0.39, 0.29) is 23.2 Å². The molecule has 1 saturated heterocycles. The summed E-state index contributed by atoms with van der Waals surface area (Å²) in [6, 6.07) is 0. The molecule has 7 heteroatoms. The van der Waals surface area contributed by atoms with E-state index in [0.717, 1.165) is 23.1 Å². The molecule has 24 heavy (non-hydrogen) atoms. The van der Waals surface area contributed by atoms with Gasteiger partial charge in [-0.2, -0.15) is 13.2 Å². The summed E-state index contributed by atoms with van der Waals surface area (Å²) in [6.07, 6.45) is -2.03. The predicted molar refractivity (Wildman–Crippen MR) is 86.7 cm³/mol. The van der Waals surface area contributed by atoms with Gasteiger partial charge in [-0.3, -0.25) is 4.79 Å². The van der Waals surface area contributed by atoms with Crippen LogP contribution in [-0.4, -0.2) is 28.9 Å². The lowest BCUT2D eigenvalue weighted by atomic mass is 9.91. The molecule has 1 aromatic heterocycles. The monoisotopic (exact) mass is 360 g/mol. The molecule has 1 aliphatic carbocycles. The van der Waals surface area contributed by atoms with E-state index in [2.05, 4.69) is 25.8 Å². The van der Waals surface area contributed by atoms with E-state index >= 15 is 0 Å². The highest BCUT2D eigenvalue weighted by Crippen LogP contribution is 2.58. The van der Waals surface area contributed by atoms with Crippen LogP contribution in [0, 0.1) is 17.3 Å². The molecule has 3 rings (SSSR count). The highest BCUT2D eigenvalue weighted by atomic mass is 32.1. The molecule has 2 atom stereocenters. The fraction of sp³-hybridized carbons (Fsp3) is 0.765. The van der Waals surface area contributed by atoms with Crippen molar-refractivity contribution in [2.24, 2.45) is 17.3 Å². The number of halogens is 3. The molecule has 2 fully saturated rings. The number of amides is 1. The number of carbonyl (C=O) groups is 1. The Morgan fingerprint density at radius 1 is 1.38 bits per heavy atom. The molecule has 1 saturated carbocycles. The summed E-state index contributed by atoms with van der Waals surface area (Å²) in [7, 11) is 0. The molecule has 2 aliphatic rings. The van der Waals surface area contributed by atoms with Gasteiger partial charge in [0, 0.05) is 30.3 Å². The van der Waals surface area contributed by atoms with Crippen LogP contribution in [0.5, 0.6) is 0 Å². The van der Waals surface area contributed by atoms with E-state index in [4.69, 9.17) is 0 Å². The first kappa shape index (κ1) is 17.7. The van der Waals surface area contributed by atoms with Crippen LogP contribution in [0.15, 0.2) is 5.38 Å². The maximum Gasteiger partial charge on any atom is 0.434 e. The van der Waals surface area contributed by atoms with E-state index in [1.807, 2.05) is 4.90 Å². The molecule has 0 bridgehead atoms. The van der Waals surface area contributed by atoms with Crippen molar-refractivity contribution in [2.45, 2.75) is 52.1 Å². The van der Waals surface area contributed by atoms with Gasteiger partial charge in [-0.15, -0.1) is 11.3 Å². The maximum absolute atomic E-state index is 12.7. The number of alkyl halides is 3. The van der Waals surface area contributed by atoms with E-state index < -0.39 is 11.9 Å². The van der Waals surface area contributed by atoms with Crippen LogP contribution in [0.2, 0.25) is 0 Å². The second kappa shape index (κ2) is 6.00. The van der Waals surface area contributed by atoms with Crippen molar-refractivity contribution in [1.29, 1.82) is 0 Å². The molecule has 134 valence electrons. The second-order valence-electron chi connectivity index (χ2n) is 7.59. The zero-order valence-corrected chi connectivity index (χ0v) is 15.0. The Bertz CT molecular complexity index is 620. The number of carbonyl (C=O) groups excluding carboxylic acids is 1. The fourth-order valence-corrected chi connectivity index (χ4v) is 4.56.